The van der Waals surface area contributed by atoms with Crippen LogP contribution in [0.4, 0.5) is 0 Å². The molecule has 2 N–H and O–H groups in total. The fraction of sp³-hybridized carbons (Fsp3) is 0.150. The standard InChI is InChI=1S/C20H16ClN3O3S/c1-24-18(17(23-20(24)28)14-4-2-3-9-22-14)16-8-7-15(27-16)12-10-11(19(25)26)5-6-13(12)21/h2-10,17-18H,1H3,(H,23,28)(H,25,26)/t17-,18+/m0/s1. The van der Waals surface area contributed by atoms with Gasteiger partial charge in [-0.25, -0.2) is 4.79 Å². The topological polar surface area (TPSA) is 78.6 Å². The Labute approximate surface area is 171 Å². The number of aromatic nitrogens is 1. The zero-order valence-corrected chi connectivity index (χ0v) is 16.4. The van der Waals surface area contributed by atoms with E-state index in [2.05, 4.69) is 10.3 Å². The highest BCUT2D eigenvalue weighted by Crippen LogP contribution is 2.40. The summed E-state index contributed by atoms with van der Waals surface area (Å²) in [5, 5.41) is 13.5. The summed E-state index contributed by atoms with van der Waals surface area (Å²) in [5.74, 6) is 0.149. The predicted molar refractivity (Wildman–Crippen MR) is 109 cm³/mol. The molecule has 142 valence electrons. The maximum Gasteiger partial charge on any atom is 0.335 e. The number of carboxylic acids is 1. The van der Waals surface area contributed by atoms with Crippen molar-refractivity contribution >= 4 is 34.9 Å². The number of carboxylic acid groups (broad SMARTS) is 1. The highest BCUT2D eigenvalue weighted by Gasteiger charge is 2.39. The van der Waals surface area contributed by atoms with Crippen molar-refractivity contribution < 1.29 is 14.3 Å². The zero-order chi connectivity index (χ0) is 19.8. The van der Waals surface area contributed by atoms with E-state index in [1.54, 1.807) is 18.3 Å². The highest BCUT2D eigenvalue weighted by atomic mass is 35.5. The Morgan fingerprint density at radius 2 is 2.11 bits per heavy atom. The van der Waals surface area contributed by atoms with E-state index in [0.29, 0.717) is 27.2 Å². The van der Waals surface area contributed by atoms with Crippen molar-refractivity contribution in [3.05, 3.63) is 76.8 Å². The van der Waals surface area contributed by atoms with Gasteiger partial charge in [-0.1, -0.05) is 17.7 Å². The second kappa shape index (κ2) is 7.26. The van der Waals surface area contributed by atoms with Crippen LogP contribution in [-0.4, -0.2) is 33.1 Å². The number of halogens is 1. The first-order valence-electron chi connectivity index (χ1n) is 8.53. The van der Waals surface area contributed by atoms with Crippen LogP contribution in [0.1, 0.15) is 33.9 Å². The Kier molecular flexibility index (Phi) is 4.78. The molecular formula is C20H16ClN3O3S. The second-order valence-corrected chi connectivity index (χ2v) is 7.23. The monoisotopic (exact) mass is 413 g/mol. The molecule has 2 atom stereocenters. The third-order valence-electron chi connectivity index (χ3n) is 4.74. The first-order chi connectivity index (χ1) is 13.5. The molecule has 1 aliphatic heterocycles. The van der Waals surface area contributed by atoms with Crippen LogP contribution in [0, 0.1) is 0 Å². The predicted octanol–water partition coefficient (Wildman–Crippen LogP) is 4.30. The fourth-order valence-electron chi connectivity index (χ4n) is 3.32. The van der Waals surface area contributed by atoms with Crippen LogP contribution in [0.15, 0.2) is 59.1 Å². The molecule has 4 rings (SSSR count). The van der Waals surface area contributed by atoms with Crippen LogP contribution < -0.4 is 5.32 Å². The summed E-state index contributed by atoms with van der Waals surface area (Å²) in [4.78, 5) is 17.6. The van der Waals surface area contributed by atoms with Crippen molar-refractivity contribution in [1.82, 2.24) is 15.2 Å². The quantitative estimate of drug-likeness (QED) is 0.617. The summed E-state index contributed by atoms with van der Waals surface area (Å²) in [6.45, 7) is 0. The van der Waals surface area contributed by atoms with Gasteiger partial charge < -0.3 is 19.7 Å². The number of hydrogen-bond acceptors (Lipinski definition) is 4. The van der Waals surface area contributed by atoms with E-state index in [-0.39, 0.29) is 17.6 Å². The number of pyridine rings is 1. The van der Waals surface area contributed by atoms with Gasteiger partial charge in [0.2, 0.25) is 0 Å². The Morgan fingerprint density at radius 1 is 1.29 bits per heavy atom. The average molecular weight is 414 g/mol. The molecule has 0 amide bonds. The Bertz CT molecular complexity index is 1050. The summed E-state index contributed by atoms with van der Waals surface area (Å²) in [6, 6.07) is 13.5. The van der Waals surface area contributed by atoms with Crippen molar-refractivity contribution in [3.63, 3.8) is 0 Å². The molecule has 1 aliphatic rings. The minimum absolute atomic E-state index is 0.143. The third-order valence-corrected chi connectivity index (χ3v) is 5.47. The summed E-state index contributed by atoms with van der Waals surface area (Å²) < 4.78 is 6.09. The Morgan fingerprint density at radius 3 is 2.82 bits per heavy atom. The maximum atomic E-state index is 11.3. The van der Waals surface area contributed by atoms with Gasteiger partial charge in [0.15, 0.2) is 5.11 Å². The van der Waals surface area contributed by atoms with E-state index in [1.165, 1.54) is 12.1 Å². The van der Waals surface area contributed by atoms with E-state index < -0.39 is 5.97 Å². The molecule has 3 aromatic rings. The molecular weight excluding hydrogens is 398 g/mol. The summed E-state index contributed by atoms with van der Waals surface area (Å²) in [7, 11) is 1.89. The van der Waals surface area contributed by atoms with Crippen LogP contribution in [0.5, 0.6) is 0 Å². The normalized spacial score (nSPS) is 18.9. The minimum Gasteiger partial charge on any atom is -0.478 e. The summed E-state index contributed by atoms with van der Waals surface area (Å²) in [5.41, 5.74) is 1.52. The Hall–Kier alpha value is -2.90. The van der Waals surface area contributed by atoms with Crippen LogP contribution in [0.2, 0.25) is 5.02 Å². The third kappa shape index (κ3) is 3.23. The number of carbonyl (C=O) groups is 1. The molecule has 0 saturated carbocycles. The number of benzene rings is 1. The van der Waals surface area contributed by atoms with Gasteiger partial charge in [0.05, 0.1) is 22.3 Å². The van der Waals surface area contributed by atoms with E-state index in [9.17, 15) is 9.90 Å². The van der Waals surface area contributed by atoms with Crippen molar-refractivity contribution in [2.75, 3.05) is 7.05 Å². The molecule has 0 bridgehead atoms. The second-order valence-electron chi connectivity index (χ2n) is 6.44. The molecule has 0 spiro atoms. The molecule has 2 aromatic heterocycles. The fourth-order valence-corrected chi connectivity index (χ4v) is 3.77. The maximum absolute atomic E-state index is 11.3. The highest BCUT2D eigenvalue weighted by molar-refractivity contribution is 7.80. The lowest BCUT2D eigenvalue weighted by Crippen LogP contribution is -2.24. The lowest BCUT2D eigenvalue weighted by Gasteiger charge is -2.21. The summed E-state index contributed by atoms with van der Waals surface area (Å²) in [6.07, 6.45) is 1.74. The number of thiocarbonyl (C=S) groups is 1. The van der Waals surface area contributed by atoms with Gasteiger partial charge >= 0.3 is 5.97 Å². The van der Waals surface area contributed by atoms with Gasteiger partial charge in [-0.15, -0.1) is 0 Å². The van der Waals surface area contributed by atoms with Crippen LogP contribution in [-0.2, 0) is 0 Å². The first-order valence-corrected chi connectivity index (χ1v) is 9.31. The zero-order valence-electron chi connectivity index (χ0n) is 14.8. The number of hydrogen-bond donors (Lipinski definition) is 2. The largest absolute Gasteiger partial charge is 0.478 e. The molecule has 3 heterocycles. The lowest BCUT2D eigenvalue weighted by atomic mass is 10.0. The smallest absolute Gasteiger partial charge is 0.335 e. The van der Waals surface area contributed by atoms with Gasteiger partial charge in [-0.05, 0) is 54.7 Å². The van der Waals surface area contributed by atoms with Gasteiger partial charge in [0.25, 0.3) is 0 Å². The molecule has 1 saturated heterocycles. The van der Waals surface area contributed by atoms with E-state index in [4.69, 9.17) is 28.2 Å². The molecule has 1 aromatic carbocycles. The van der Waals surface area contributed by atoms with Crippen LogP contribution >= 0.6 is 23.8 Å². The van der Waals surface area contributed by atoms with E-state index in [1.807, 2.05) is 36.2 Å². The van der Waals surface area contributed by atoms with Gasteiger partial charge in [-0.3, -0.25) is 4.98 Å². The molecule has 8 heteroatoms. The number of nitrogens with zero attached hydrogens (tertiary/aromatic N) is 2. The summed E-state index contributed by atoms with van der Waals surface area (Å²) >= 11 is 11.7. The van der Waals surface area contributed by atoms with Crippen molar-refractivity contribution in [1.29, 1.82) is 0 Å². The lowest BCUT2D eigenvalue weighted by molar-refractivity contribution is 0.0697. The number of furan rings is 1. The molecule has 0 aliphatic carbocycles. The van der Waals surface area contributed by atoms with Crippen LogP contribution in [0.25, 0.3) is 11.3 Å². The van der Waals surface area contributed by atoms with Crippen molar-refractivity contribution in [2.24, 2.45) is 0 Å². The molecule has 0 radical (unpaired) electrons. The number of likely N-dealkylation sites (N-methyl/N-ethyl adjacent to an activating group) is 1. The molecule has 28 heavy (non-hydrogen) atoms. The van der Waals surface area contributed by atoms with Crippen molar-refractivity contribution in [2.45, 2.75) is 12.1 Å². The molecule has 1 fully saturated rings. The van der Waals surface area contributed by atoms with E-state index >= 15 is 0 Å². The van der Waals surface area contributed by atoms with Crippen LogP contribution in [0.3, 0.4) is 0 Å². The SMILES string of the molecule is CN1C(=S)N[C@@H](c2ccccn2)[C@H]1c1ccc(-c2cc(C(=O)O)ccc2Cl)o1. The minimum atomic E-state index is -1.02. The molecule has 6 nitrogen and oxygen atoms in total. The number of aromatic carboxylic acids is 1. The van der Waals surface area contributed by atoms with Gasteiger partial charge in [0.1, 0.15) is 17.6 Å². The molecule has 0 unspecified atom stereocenters. The number of rotatable bonds is 4. The number of nitrogens with one attached hydrogen (secondary N) is 1. The first kappa shape index (κ1) is 18.5. The Balaban J connectivity index is 1.73. The van der Waals surface area contributed by atoms with Gasteiger partial charge in [-0.2, -0.15) is 0 Å². The van der Waals surface area contributed by atoms with E-state index in [0.717, 1.165) is 5.69 Å². The average Bonchev–Trinajstić information content (AvgIpc) is 3.28. The van der Waals surface area contributed by atoms with Crippen molar-refractivity contribution in [3.8, 4) is 11.3 Å². The van der Waals surface area contributed by atoms with Gasteiger partial charge in [0, 0.05) is 18.8 Å².